The quantitative estimate of drug-likeness (QED) is 0.0115. The molecule has 0 unspecified atom stereocenters. The van der Waals surface area contributed by atoms with Crippen LogP contribution in [0.4, 0.5) is 0 Å². The largest absolute Gasteiger partial charge is 0.489 e. The third kappa shape index (κ3) is 36.5. The summed E-state index contributed by atoms with van der Waals surface area (Å²) in [5.41, 5.74) is 8.74. The highest BCUT2D eigenvalue weighted by atomic mass is 16.6. The van der Waals surface area contributed by atoms with Crippen molar-refractivity contribution in [2.45, 2.75) is 207 Å². The van der Waals surface area contributed by atoms with E-state index in [2.05, 4.69) is 121 Å². The lowest BCUT2D eigenvalue weighted by Crippen LogP contribution is -2.20. The van der Waals surface area contributed by atoms with Gasteiger partial charge in [0.15, 0.2) is 0 Å². The molecular weight excluding hydrogens is 1550 g/mol. The van der Waals surface area contributed by atoms with Crippen LogP contribution in [0.3, 0.4) is 0 Å². The molecule has 0 saturated carbocycles. The molecule has 656 valence electrons. The van der Waals surface area contributed by atoms with Gasteiger partial charge in [0.1, 0.15) is 128 Å². The summed E-state index contributed by atoms with van der Waals surface area (Å²) in [7, 11) is 4.49. The third-order valence-electron chi connectivity index (χ3n) is 19.1. The second-order valence-electron chi connectivity index (χ2n) is 28.9. The fourth-order valence-corrected chi connectivity index (χ4v) is 12.9. The van der Waals surface area contributed by atoms with Crippen molar-refractivity contribution in [3.05, 3.63) is 164 Å². The van der Waals surface area contributed by atoms with Gasteiger partial charge in [0.05, 0.1) is 50.7 Å². The molecule has 0 heterocycles. The first-order valence-electron chi connectivity index (χ1n) is 41.2. The lowest BCUT2D eigenvalue weighted by Gasteiger charge is -2.25. The molecule has 28 nitrogen and oxygen atoms in total. The highest BCUT2D eigenvalue weighted by Gasteiger charge is 2.28. The van der Waals surface area contributed by atoms with Gasteiger partial charge in [-0.2, -0.15) is 0 Å². The zero-order chi connectivity index (χ0) is 87.7. The van der Waals surface area contributed by atoms with E-state index < -0.39 is 124 Å². The summed E-state index contributed by atoms with van der Waals surface area (Å²) in [6.07, 6.45) is 15.5. The lowest BCUT2D eigenvalue weighted by molar-refractivity contribution is -0.155. The van der Waals surface area contributed by atoms with Gasteiger partial charge in [-0.15, -0.1) is 0 Å². The molecule has 0 aromatic heterocycles. The van der Waals surface area contributed by atoms with Crippen molar-refractivity contribution in [1.82, 2.24) is 0 Å². The molecule has 0 N–H and O–H groups in total. The molecule has 28 heteroatoms. The van der Waals surface area contributed by atoms with Crippen LogP contribution in [0, 0.1) is 0 Å². The van der Waals surface area contributed by atoms with Gasteiger partial charge >= 0.3 is 71.6 Å². The molecule has 0 amide bonds. The summed E-state index contributed by atoms with van der Waals surface area (Å²) in [4.78, 5) is 151. The molecule has 0 spiro atoms. The van der Waals surface area contributed by atoms with Crippen molar-refractivity contribution in [3.63, 3.8) is 0 Å². The Morgan fingerprint density at radius 2 is 0.433 bits per heavy atom. The first-order chi connectivity index (χ1) is 57.8. The topological polar surface area (TPSA) is 353 Å². The second-order valence-corrected chi connectivity index (χ2v) is 28.9. The molecule has 0 saturated heterocycles. The number of ether oxygens (including phenoxy) is 16. The Kier molecular flexibility index (Phi) is 45.9. The normalized spacial score (nSPS) is 11.3. The van der Waals surface area contributed by atoms with E-state index in [1.54, 1.807) is 0 Å². The highest BCUT2D eigenvalue weighted by molar-refractivity contribution is 5.95. The van der Waals surface area contributed by atoms with Gasteiger partial charge in [-0.25, -0.2) is 19.2 Å². The van der Waals surface area contributed by atoms with Crippen molar-refractivity contribution < 1.29 is 133 Å². The van der Waals surface area contributed by atoms with Gasteiger partial charge in [0.25, 0.3) is 0 Å². The molecule has 1 aliphatic rings. The Morgan fingerprint density at radius 3 is 0.600 bits per heavy atom. The summed E-state index contributed by atoms with van der Waals surface area (Å²) in [5.74, 6) is -8.91. The Labute approximate surface area is 703 Å². The Balaban J connectivity index is 1.88. The van der Waals surface area contributed by atoms with Crippen LogP contribution in [0.1, 0.15) is 223 Å². The van der Waals surface area contributed by atoms with Gasteiger partial charge in [0.2, 0.25) is 0 Å². The summed E-state index contributed by atoms with van der Waals surface area (Å²) < 4.78 is 90.0. The third-order valence-corrected chi connectivity index (χ3v) is 19.1. The number of hydrogen-bond acceptors (Lipinski definition) is 28. The summed E-state index contributed by atoms with van der Waals surface area (Å²) in [6, 6.07) is 16.9. The van der Waals surface area contributed by atoms with Crippen LogP contribution in [-0.4, -0.2) is 179 Å². The molecule has 4 aromatic rings. The van der Waals surface area contributed by atoms with Crippen molar-refractivity contribution in [3.8, 4) is 23.0 Å². The van der Waals surface area contributed by atoms with E-state index >= 15 is 0 Å². The molecule has 0 atom stereocenters. The predicted octanol–water partition coefficient (Wildman–Crippen LogP) is 13.2. The van der Waals surface area contributed by atoms with Crippen LogP contribution < -0.4 is 18.9 Å². The van der Waals surface area contributed by atoms with Gasteiger partial charge < -0.3 is 75.8 Å². The molecule has 4 aromatic carbocycles. The van der Waals surface area contributed by atoms with Gasteiger partial charge in [-0.1, -0.05) is 180 Å². The van der Waals surface area contributed by atoms with Gasteiger partial charge in [-0.3, -0.25) is 38.4 Å². The monoisotopic (exact) mass is 1670 g/mol. The number of unbranched alkanes of at least 4 members (excludes halogenated alkanes) is 12. The Bertz CT molecular complexity index is 3560. The number of rotatable bonds is 56. The average molecular weight is 1670 g/mol. The van der Waals surface area contributed by atoms with Crippen LogP contribution >= 0.6 is 0 Å². The Morgan fingerprint density at radius 1 is 0.250 bits per heavy atom. The molecule has 8 bridgehead atoms. The molecular formula is C92H120O28. The van der Waals surface area contributed by atoms with E-state index in [0.29, 0.717) is 93.2 Å². The Hall–Kier alpha value is -11.3. The van der Waals surface area contributed by atoms with E-state index in [-0.39, 0.29) is 101 Å². The zero-order valence-corrected chi connectivity index (χ0v) is 71.2. The highest BCUT2D eigenvalue weighted by Crippen LogP contribution is 2.42. The van der Waals surface area contributed by atoms with Crippen molar-refractivity contribution in [2.75, 3.05) is 108 Å². The van der Waals surface area contributed by atoms with E-state index in [0.717, 1.165) is 153 Å². The number of carbonyl (C=O) groups excluding carboxylic acids is 12. The number of carbonyl (C=O) groups is 12. The number of aryl methyl sites for hydroxylation is 4. The number of esters is 12. The lowest BCUT2D eigenvalue weighted by atomic mass is 9.87. The van der Waals surface area contributed by atoms with Crippen molar-refractivity contribution in [2.24, 2.45) is 0 Å². The summed E-state index contributed by atoms with van der Waals surface area (Å²) in [6.45, 7) is 19.3. The van der Waals surface area contributed by atoms with Crippen LogP contribution in [0.2, 0.25) is 0 Å². The van der Waals surface area contributed by atoms with Crippen molar-refractivity contribution in [1.29, 1.82) is 0 Å². The van der Waals surface area contributed by atoms with E-state index in [4.69, 9.17) is 56.8 Å². The maximum atomic E-state index is 13.6. The summed E-state index contributed by atoms with van der Waals surface area (Å²) in [5, 5.41) is 0. The summed E-state index contributed by atoms with van der Waals surface area (Å²) >= 11 is 0. The zero-order valence-electron chi connectivity index (χ0n) is 71.2. The van der Waals surface area contributed by atoms with Gasteiger partial charge in [-0.05, 0) is 118 Å². The first kappa shape index (κ1) is 99.2. The SMILES string of the molecule is C=C(COC(=O)CC(=O)OC)C(=O)OCCOc1c2cc(CCCCCC)cc1Cc1cc(CCCCCC)cc(c1OCCOC(=O)C(=C)COC(=O)CC(=O)OC)Cc1cc(CCCCCC)cc(c1OCCOC(=O)C(=C)COC(=O)CC(=O)OC)Cc1cc(CCCCCC)cc(c1OCCOC(=O)C(=C)COC(=O)CC(=O)OC)C2. The number of benzene rings is 4. The maximum Gasteiger partial charge on any atom is 0.337 e. The fourth-order valence-electron chi connectivity index (χ4n) is 12.9. The van der Waals surface area contributed by atoms with Crippen LogP contribution in [0.25, 0.3) is 0 Å². The average Bonchev–Trinajstić information content (AvgIpc) is 0.771. The van der Waals surface area contributed by atoms with E-state index in [1.165, 1.54) is 0 Å². The van der Waals surface area contributed by atoms with Gasteiger partial charge in [0, 0.05) is 25.7 Å². The minimum Gasteiger partial charge on any atom is -0.489 e. The molecule has 120 heavy (non-hydrogen) atoms. The fraction of sp³-hybridized carbons (Fsp3) is 0.522. The number of hydrogen-bond donors (Lipinski definition) is 0. The molecule has 0 fully saturated rings. The van der Waals surface area contributed by atoms with E-state index in [9.17, 15) is 57.5 Å². The minimum absolute atomic E-state index is 0.151. The number of fused-ring (bicyclic) bond motifs is 8. The smallest absolute Gasteiger partial charge is 0.337 e. The maximum absolute atomic E-state index is 13.6. The number of methoxy groups -OCH3 is 4. The first-order valence-corrected chi connectivity index (χ1v) is 41.2. The molecule has 5 rings (SSSR count). The van der Waals surface area contributed by atoms with E-state index in [1.807, 2.05) is 0 Å². The van der Waals surface area contributed by atoms with Crippen LogP contribution in [0.5, 0.6) is 23.0 Å². The molecule has 0 radical (unpaired) electrons. The standard InChI is InChI=1S/C92H120O28/c1-13-17-21-25-29-65-41-69-49-71-43-66(30-26-22-18-14-2)45-73(86(71)110-34-38-114-90(102)62(6)58-118-82(98)54-78(94)106-10)51-75-47-68(32-28-24-20-16-4)48-76(88(75)112-36-40-116-92(104)64(8)60-120-84(100)56-80(96)108-12)52-74-46-67(31-27-23-19-15-3)44-72(87(74)111-35-39-115-91(103)63(7)59-119-83(99)55-79(95)107-11)50-70(42-65)85(69)109-33-37-113-89(101)61(5)57-117-81(97)53-77(93)105-9/h41-48H,5-8,13-40,49-60H2,1-4,9-12H3. The molecule has 0 aliphatic heterocycles. The second kappa shape index (κ2) is 55.4. The van der Waals surface area contributed by atoms with Crippen molar-refractivity contribution >= 4 is 71.6 Å². The minimum atomic E-state index is -0.938. The molecule has 1 aliphatic carbocycles. The van der Waals surface area contributed by atoms with Crippen LogP contribution in [0.15, 0.2) is 97.1 Å². The van der Waals surface area contributed by atoms with Crippen LogP contribution in [-0.2, 0) is 166 Å². The predicted molar refractivity (Wildman–Crippen MR) is 441 cm³/mol.